The van der Waals surface area contributed by atoms with E-state index >= 15 is 0 Å². The number of halogens is 1. The second-order valence-corrected chi connectivity index (χ2v) is 5.87. The molecule has 6 heteroatoms. The number of nitrogens with zero attached hydrogens (tertiary/aromatic N) is 2. The van der Waals surface area contributed by atoms with Crippen LogP contribution >= 0.6 is 23.4 Å². The molecule has 0 bridgehead atoms. The average molecular weight is 321 g/mol. The van der Waals surface area contributed by atoms with Crippen LogP contribution in [0.2, 0.25) is 5.02 Å². The zero-order valence-corrected chi connectivity index (χ0v) is 13.2. The van der Waals surface area contributed by atoms with E-state index < -0.39 is 0 Å². The summed E-state index contributed by atoms with van der Waals surface area (Å²) in [5.74, 6) is 1.60. The molecule has 0 fully saturated rings. The summed E-state index contributed by atoms with van der Waals surface area (Å²) in [5, 5.41) is 0.754. The normalized spacial score (nSPS) is 13.4. The highest BCUT2D eigenvalue weighted by Gasteiger charge is 2.16. The van der Waals surface area contributed by atoms with Crippen LogP contribution in [-0.2, 0) is 0 Å². The molecule has 0 atom stereocenters. The SMILES string of the molecule is COc1ncc(C2=Cc3ccc(Cl)cc3SC2)nc1OC. The Labute approximate surface area is 132 Å². The summed E-state index contributed by atoms with van der Waals surface area (Å²) in [5.41, 5.74) is 3.03. The molecule has 4 nitrogen and oxygen atoms in total. The van der Waals surface area contributed by atoms with Gasteiger partial charge in [-0.05, 0) is 29.3 Å². The Hall–Kier alpha value is -1.72. The molecule has 0 radical (unpaired) electrons. The number of benzene rings is 1. The molecule has 1 aromatic heterocycles. The Balaban J connectivity index is 2.00. The van der Waals surface area contributed by atoms with E-state index in [4.69, 9.17) is 21.1 Å². The molecule has 1 aliphatic heterocycles. The van der Waals surface area contributed by atoms with Crippen molar-refractivity contribution in [2.75, 3.05) is 20.0 Å². The lowest BCUT2D eigenvalue weighted by Gasteiger charge is -2.16. The second kappa shape index (κ2) is 5.95. The molecule has 0 aliphatic carbocycles. The molecule has 0 saturated carbocycles. The maximum atomic E-state index is 6.02. The lowest BCUT2D eigenvalue weighted by atomic mass is 10.1. The molecule has 0 spiro atoms. The molecule has 21 heavy (non-hydrogen) atoms. The summed E-state index contributed by atoms with van der Waals surface area (Å²) < 4.78 is 10.3. The van der Waals surface area contributed by atoms with E-state index in [0.29, 0.717) is 11.8 Å². The van der Waals surface area contributed by atoms with Gasteiger partial charge in [-0.25, -0.2) is 9.97 Å². The number of rotatable bonds is 3. The molecular formula is C15H13ClN2O2S. The molecule has 1 aliphatic rings. The van der Waals surface area contributed by atoms with E-state index in [1.54, 1.807) is 32.2 Å². The average Bonchev–Trinajstić information content (AvgIpc) is 2.53. The quantitative estimate of drug-likeness (QED) is 0.860. The second-order valence-electron chi connectivity index (χ2n) is 4.41. The Kier molecular flexibility index (Phi) is 4.03. The summed E-state index contributed by atoms with van der Waals surface area (Å²) in [6.07, 6.45) is 3.81. The lowest BCUT2D eigenvalue weighted by Crippen LogP contribution is -2.02. The van der Waals surface area contributed by atoms with Gasteiger partial charge in [-0.3, -0.25) is 0 Å². The molecule has 0 amide bonds. The van der Waals surface area contributed by atoms with Crippen molar-refractivity contribution in [1.82, 2.24) is 9.97 Å². The molecule has 108 valence electrons. The number of aromatic nitrogens is 2. The number of thioether (sulfide) groups is 1. The molecule has 1 aromatic carbocycles. The zero-order chi connectivity index (χ0) is 14.8. The minimum Gasteiger partial charge on any atom is -0.477 e. The van der Waals surface area contributed by atoms with Crippen molar-refractivity contribution in [3.63, 3.8) is 0 Å². The van der Waals surface area contributed by atoms with Gasteiger partial charge in [0.15, 0.2) is 0 Å². The minimum atomic E-state index is 0.387. The van der Waals surface area contributed by atoms with Gasteiger partial charge in [0.2, 0.25) is 0 Å². The summed E-state index contributed by atoms with van der Waals surface area (Å²) in [4.78, 5) is 9.87. The predicted molar refractivity (Wildman–Crippen MR) is 85.2 cm³/mol. The maximum absolute atomic E-state index is 6.02. The maximum Gasteiger partial charge on any atom is 0.278 e. The van der Waals surface area contributed by atoms with Gasteiger partial charge in [-0.2, -0.15) is 0 Å². The lowest BCUT2D eigenvalue weighted by molar-refractivity contribution is 0.331. The third-order valence-corrected chi connectivity index (χ3v) is 4.47. The van der Waals surface area contributed by atoms with Gasteiger partial charge in [-0.15, -0.1) is 11.8 Å². The van der Waals surface area contributed by atoms with Crippen molar-refractivity contribution in [1.29, 1.82) is 0 Å². The molecule has 0 unspecified atom stereocenters. The molecule has 0 N–H and O–H groups in total. The van der Waals surface area contributed by atoms with Crippen molar-refractivity contribution in [3.8, 4) is 11.8 Å². The van der Waals surface area contributed by atoms with Gasteiger partial charge < -0.3 is 9.47 Å². The fourth-order valence-corrected chi connectivity index (χ4v) is 3.36. The van der Waals surface area contributed by atoms with Crippen LogP contribution in [0.3, 0.4) is 0 Å². The highest BCUT2D eigenvalue weighted by atomic mass is 35.5. The highest BCUT2D eigenvalue weighted by molar-refractivity contribution is 7.99. The number of ether oxygens (including phenoxy) is 2. The summed E-state index contributed by atoms with van der Waals surface area (Å²) in [6.45, 7) is 0. The Bertz CT molecular complexity index is 719. The number of hydrogen-bond donors (Lipinski definition) is 0. The third kappa shape index (κ3) is 2.84. The van der Waals surface area contributed by atoms with Crippen molar-refractivity contribution in [2.45, 2.75) is 4.90 Å². The van der Waals surface area contributed by atoms with Crippen molar-refractivity contribution < 1.29 is 9.47 Å². The summed E-state index contributed by atoms with van der Waals surface area (Å²) in [6, 6.07) is 5.88. The van der Waals surface area contributed by atoms with Gasteiger partial charge in [0.25, 0.3) is 11.8 Å². The van der Waals surface area contributed by atoms with Crippen LogP contribution in [0, 0.1) is 0 Å². The van der Waals surface area contributed by atoms with Crippen LogP contribution < -0.4 is 9.47 Å². The van der Waals surface area contributed by atoms with Gasteiger partial charge >= 0.3 is 0 Å². The van der Waals surface area contributed by atoms with Crippen molar-refractivity contribution in [2.24, 2.45) is 0 Å². The largest absolute Gasteiger partial charge is 0.477 e. The van der Waals surface area contributed by atoms with E-state index in [1.165, 1.54) is 4.90 Å². The first-order chi connectivity index (χ1) is 10.2. The fraction of sp³-hybridized carbons (Fsp3) is 0.200. The number of hydrogen-bond acceptors (Lipinski definition) is 5. The molecule has 2 aromatic rings. The van der Waals surface area contributed by atoms with Crippen LogP contribution in [0.5, 0.6) is 11.8 Å². The van der Waals surface area contributed by atoms with E-state index in [9.17, 15) is 0 Å². The smallest absolute Gasteiger partial charge is 0.278 e. The zero-order valence-electron chi connectivity index (χ0n) is 11.6. The predicted octanol–water partition coefficient (Wildman–Crippen LogP) is 3.79. The molecule has 3 rings (SSSR count). The van der Waals surface area contributed by atoms with Crippen LogP contribution in [0.1, 0.15) is 11.3 Å². The first-order valence-electron chi connectivity index (χ1n) is 6.29. The topological polar surface area (TPSA) is 44.2 Å². The van der Waals surface area contributed by atoms with Crippen LogP contribution in [-0.4, -0.2) is 29.9 Å². The number of fused-ring (bicyclic) bond motifs is 1. The van der Waals surface area contributed by atoms with E-state index in [-0.39, 0.29) is 0 Å². The van der Waals surface area contributed by atoms with Gasteiger partial charge in [-0.1, -0.05) is 17.7 Å². The number of methoxy groups -OCH3 is 2. The van der Waals surface area contributed by atoms with Crippen molar-refractivity contribution >= 4 is 35.0 Å². The molecule has 2 heterocycles. The molecular weight excluding hydrogens is 308 g/mol. The minimum absolute atomic E-state index is 0.387. The standard InChI is InChI=1S/C15H13ClN2O2S/c1-19-14-15(20-2)18-12(7-17-14)10-5-9-3-4-11(16)6-13(9)21-8-10/h3-7H,8H2,1-2H3. The van der Waals surface area contributed by atoms with Gasteiger partial charge in [0, 0.05) is 15.7 Å². The first-order valence-corrected chi connectivity index (χ1v) is 7.66. The highest BCUT2D eigenvalue weighted by Crippen LogP contribution is 2.37. The Morgan fingerprint density at radius 1 is 1.19 bits per heavy atom. The Morgan fingerprint density at radius 2 is 2.00 bits per heavy atom. The molecule has 0 saturated heterocycles. The van der Waals surface area contributed by atoms with Crippen LogP contribution in [0.4, 0.5) is 0 Å². The third-order valence-electron chi connectivity index (χ3n) is 3.11. The van der Waals surface area contributed by atoms with E-state index in [2.05, 4.69) is 16.0 Å². The Morgan fingerprint density at radius 3 is 2.76 bits per heavy atom. The van der Waals surface area contributed by atoms with E-state index in [0.717, 1.165) is 27.6 Å². The summed E-state index contributed by atoms with van der Waals surface area (Å²) >= 11 is 7.75. The monoisotopic (exact) mass is 320 g/mol. The van der Waals surface area contributed by atoms with Crippen LogP contribution in [0.15, 0.2) is 29.3 Å². The van der Waals surface area contributed by atoms with Gasteiger partial charge in [0.05, 0.1) is 26.1 Å². The van der Waals surface area contributed by atoms with E-state index in [1.807, 2.05) is 18.2 Å². The fourth-order valence-electron chi connectivity index (χ4n) is 2.07. The first kappa shape index (κ1) is 14.2. The van der Waals surface area contributed by atoms with Crippen molar-refractivity contribution in [3.05, 3.63) is 40.7 Å². The van der Waals surface area contributed by atoms with Gasteiger partial charge in [0.1, 0.15) is 0 Å². The van der Waals surface area contributed by atoms with Crippen LogP contribution in [0.25, 0.3) is 11.6 Å². The summed E-state index contributed by atoms with van der Waals surface area (Å²) in [7, 11) is 3.10.